The first-order chi connectivity index (χ1) is 11.5. The molecule has 26 heavy (non-hydrogen) atoms. The number of aliphatic hydroxyl groups is 1. The van der Waals surface area contributed by atoms with Crippen LogP contribution in [0.1, 0.15) is 38.7 Å². The molecular weight excluding hydrogens is 373 g/mol. The fourth-order valence-electron chi connectivity index (χ4n) is 3.07. The van der Waals surface area contributed by atoms with Gasteiger partial charge in [-0.15, -0.1) is 24.8 Å². The second kappa shape index (κ2) is 12.5. The average molecular weight is 406 g/mol. The summed E-state index contributed by atoms with van der Waals surface area (Å²) in [7, 11) is 0. The van der Waals surface area contributed by atoms with Gasteiger partial charge in [0, 0.05) is 18.8 Å². The zero-order valence-electron chi connectivity index (χ0n) is 15.7. The fourth-order valence-corrected chi connectivity index (χ4v) is 3.07. The van der Waals surface area contributed by atoms with Gasteiger partial charge < -0.3 is 16.2 Å². The van der Waals surface area contributed by atoms with Crippen molar-refractivity contribution in [3.8, 4) is 0 Å². The lowest BCUT2D eigenvalue weighted by atomic mass is 9.97. The molecule has 0 bridgehead atoms. The molecule has 2 unspecified atom stereocenters. The van der Waals surface area contributed by atoms with E-state index < -0.39 is 6.04 Å². The van der Waals surface area contributed by atoms with Crippen LogP contribution in [0.4, 0.5) is 5.69 Å². The Morgan fingerprint density at radius 3 is 2.58 bits per heavy atom. The number of halogens is 2. The Hall–Kier alpha value is -0.850. The lowest BCUT2D eigenvalue weighted by Crippen LogP contribution is -2.40. The molecule has 0 aromatic heterocycles. The van der Waals surface area contributed by atoms with Gasteiger partial charge in [0.2, 0.25) is 5.91 Å². The van der Waals surface area contributed by atoms with Crippen LogP contribution in [0.15, 0.2) is 24.3 Å². The number of hydrogen-bond donors (Lipinski definition) is 3. The minimum atomic E-state index is -0.476. The minimum absolute atomic E-state index is 0. The highest BCUT2D eigenvalue weighted by atomic mass is 35.5. The number of hydrogen-bond acceptors (Lipinski definition) is 4. The molecule has 1 aliphatic rings. The number of nitrogens with two attached hydrogens (primary N) is 1. The van der Waals surface area contributed by atoms with Crippen molar-refractivity contribution in [3.63, 3.8) is 0 Å². The summed E-state index contributed by atoms with van der Waals surface area (Å²) in [6, 6.07) is 7.51. The number of nitrogens with zero attached hydrogens (tertiary/aromatic N) is 1. The van der Waals surface area contributed by atoms with Gasteiger partial charge >= 0.3 is 0 Å². The third-order valence-electron chi connectivity index (χ3n) is 5.13. The smallest absolute Gasteiger partial charge is 0.241 e. The van der Waals surface area contributed by atoms with Crippen molar-refractivity contribution < 1.29 is 9.90 Å². The summed E-state index contributed by atoms with van der Waals surface area (Å²) in [4.78, 5) is 14.6. The summed E-state index contributed by atoms with van der Waals surface area (Å²) in [5, 5.41) is 12.2. The van der Waals surface area contributed by atoms with Crippen LogP contribution in [0.2, 0.25) is 0 Å². The zero-order valence-corrected chi connectivity index (χ0v) is 17.3. The predicted molar refractivity (Wildman–Crippen MR) is 112 cm³/mol. The number of nitrogens with one attached hydrogen (secondary N) is 1. The van der Waals surface area contributed by atoms with Crippen molar-refractivity contribution >= 4 is 36.4 Å². The van der Waals surface area contributed by atoms with Gasteiger partial charge in [0.15, 0.2) is 0 Å². The van der Waals surface area contributed by atoms with E-state index in [1.165, 1.54) is 5.56 Å². The van der Waals surface area contributed by atoms with E-state index in [4.69, 9.17) is 5.73 Å². The van der Waals surface area contributed by atoms with Crippen molar-refractivity contribution in [2.24, 2.45) is 17.6 Å². The first-order valence-corrected chi connectivity index (χ1v) is 9.02. The standard InChI is InChI=1S/C19H31N3O2.2ClH/c1-3-14(2)18(20)19(24)21-17-6-4-5-16(11-17)12-22-9-7-15(13-23)8-10-22;;/h4-6,11,14-15,18,23H,3,7-10,12-13,20H2,1-2H3,(H,21,24);2*1H. The lowest BCUT2D eigenvalue weighted by Gasteiger charge is -2.31. The highest BCUT2D eigenvalue weighted by Gasteiger charge is 2.20. The molecule has 0 radical (unpaired) electrons. The molecule has 2 atom stereocenters. The molecule has 1 aliphatic heterocycles. The molecule has 4 N–H and O–H groups in total. The van der Waals surface area contributed by atoms with Crippen LogP contribution in [0, 0.1) is 11.8 Å². The van der Waals surface area contributed by atoms with Gasteiger partial charge in [-0.3, -0.25) is 9.69 Å². The number of piperidine rings is 1. The summed E-state index contributed by atoms with van der Waals surface area (Å²) in [6.45, 7) is 7.24. The molecule has 1 fully saturated rings. The first kappa shape index (κ1) is 25.1. The number of amides is 1. The van der Waals surface area contributed by atoms with Gasteiger partial charge in [-0.05, 0) is 55.5 Å². The Kier molecular flexibility index (Phi) is 12.1. The van der Waals surface area contributed by atoms with E-state index in [1.807, 2.05) is 32.0 Å². The van der Waals surface area contributed by atoms with Crippen molar-refractivity contribution in [1.82, 2.24) is 4.90 Å². The molecule has 7 heteroatoms. The molecule has 0 spiro atoms. The van der Waals surface area contributed by atoms with E-state index in [0.29, 0.717) is 12.5 Å². The number of rotatable bonds is 7. The third-order valence-corrected chi connectivity index (χ3v) is 5.13. The number of benzene rings is 1. The molecule has 0 saturated carbocycles. The minimum Gasteiger partial charge on any atom is -0.396 e. The van der Waals surface area contributed by atoms with Crippen molar-refractivity contribution in [1.29, 1.82) is 0 Å². The van der Waals surface area contributed by atoms with Gasteiger partial charge in [-0.2, -0.15) is 0 Å². The van der Waals surface area contributed by atoms with Gasteiger partial charge in [0.05, 0.1) is 6.04 Å². The SMILES string of the molecule is CCC(C)C(N)C(=O)Nc1cccc(CN2CCC(CO)CC2)c1.Cl.Cl. The first-order valence-electron chi connectivity index (χ1n) is 9.02. The number of aliphatic hydroxyl groups excluding tert-OH is 1. The van der Waals surface area contributed by atoms with E-state index >= 15 is 0 Å². The normalized spacial score (nSPS) is 17.5. The van der Waals surface area contributed by atoms with Crippen LogP contribution in [0.25, 0.3) is 0 Å². The molecule has 150 valence electrons. The summed E-state index contributed by atoms with van der Waals surface area (Å²) < 4.78 is 0. The Bertz CT molecular complexity index is 537. The monoisotopic (exact) mass is 405 g/mol. The van der Waals surface area contributed by atoms with Crippen LogP contribution in [-0.4, -0.2) is 41.7 Å². The highest BCUT2D eigenvalue weighted by molar-refractivity contribution is 5.94. The molecule has 5 nitrogen and oxygen atoms in total. The van der Waals surface area contributed by atoms with E-state index in [1.54, 1.807) is 0 Å². The van der Waals surface area contributed by atoms with Crippen LogP contribution in [-0.2, 0) is 11.3 Å². The van der Waals surface area contributed by atoms with E-state index in [-0.39, 0.29) is 36.6 Å². The van der Waals surface area contributed by atoms with Crippen molar-refractivity contribution in [3.05, 3.63) is 29.8 Å². The van der Waals surface area contributed by atoms with Crippen molar-refractivity contribution in [2.75, 3.05) is 25.0 Å². The predicted octanol–water partition coefficient (Wildman–Crippen LogP) is 3.05. The quantitative estimate of drug-likeness (QED) is 0.651. The highest BCUT2D eigenvalue weighted by Crippen LogP contribution is 2.20. The van der Waals surface area contributed by atoms with Crippen LogP contribution in [0.3, 0.4) is 0 Å². The summed E-state index contributed by atoms with van der Waals surface area (Å²) >= 11 is 0. The van der Waals surface area contributed by atoms with Crippen LogP contribution >= 0.6 is 24.8 Å². The lowest BCUT2D eigenvalue weighted by molar-refractivity contribution is -0.118. The number of carbonyl (C=O) groups excluding carboxylic acids is 1. The molecule has 1 aromatic carbocycles. The maximum atomic E-state index is 12.2. The number of carbonyl (C=O) groups is 1. The van der Waals surface area contributed by atoms with Gasteiger partial charge in [-0.1, -0.05) is 32.4 Å². The summed E-state index contributed by atoms with van der Waals surface area (Å²) in [5.41, 5.74) is 7.99. The van der Waals surface area contributed by atoms with Gasteiger partial charge in [-0.25, -0.2) is 0 Å². The number of anilines is 1. The molecule has 2 rings (SSSR count). The van der Waals surface area contributed by atoms with Gasteiger partial charge in [0.25, 0.3) is 0 Å². The average Bonchev–Trinajstić information content (AvgIpc) is 2.61. The summed E-state index contributed by atoms with van der Waals surface area (Å²) in [5.74, 6) is 0.500. The van der Waals surface area contributed by atoms with Crippen molar-refractivity contribution in [2.45, 2.75) is 45.7 Å². The number of likely N-dealkylation sites (tertiary alicyclic amines) is 1. The largest absolute Gasteiger partial charge is 0.396 e. The topological polar surface area (TPSA) is 78.6 Å². The summed E-state index contributed by atoms with van der Waals surface area (Å²) in [6.07, 6.45) is 2.99. The Morgan fingerprint density at radius 1 is 1.35 bits per heavy atom. The molecule has 1 saturated heterocycles. The maximum Gasteiger partial charge on any atom is 0.241 e. The van der Waals surface area contributed by atoms with E-state index in [2.05, 4.69) is 16.3 Å². The second-order valence-corrected chi connectivity index (χ2v) is 7.00. The molecule has 0 aliphatic carbocycles. The Labute approximate surface area is 169 Å². The molecule has 1 amide bonds. The Morgan fingerprint density at radius 2 is 2.00 bits per heavy atom. The fraction of sp³-hybridized carbons (Fsp3) is 0.632. The van der Waals surface area contributed by atoms with Gasteiger partial charge in [0.1, 0.15) is 0 Å². The van der Waals surface area contributed by atoms with Crippen LogP contribution in [0.5, 0.6) is 0 Å². The van der Waals surface area contributed by atoms with E-state index in [0.717, 1.165) is 44.6 Å². The second-order valence-electron chi connectivity index (χ2n) is 7.00. The maximum absolute atomic E-state index is 12.2. The Balaban J connectivity index is 0.00000312. The van der Waals surface area contributed by atoms with E-state index in [9.17, 15) is 9.90 Å². The molecule has 1 heterocycles. The third kappa shape index (κ3) is 7.41. The molecule has 1 aromatic rings. The zero-order chi connectivity index (χ0) is 17.5. The van der Waals surface area contributed by atoms with Crippen LogP contribution < -0.4 is 11.1 Å². The molecular formula is C19H33Cl2N3O2.